The van der Waals surface area contributed by atoms with Crippen molar-refractivity contribution in [2.45, 2.75) is 6.54 Å². The van der Waals surface area contributed by atoms with Gasteiger partial charge < -0.3 is 4.90 Å². The molecule has 0 saturated carbocycles. The molecule has 3 aromatic rings. The van der Waals surface area contributed by atoms with Gasteiger partial charge in [0, 0.05) is 36.3 Å². The number of hydrogen-bond donors (Lipinski definition) is 0. The molecule has 0 fully saturated rings. The minimum absolute atomic E-state index is 0.872. The largest absolute Gasteiger partial charge is 0.308 e. The average molecular weight is 293 g/mol. The topological polar surface area (TPSA) is 46.8 Å². The lowest BCUT2D eigenvalue weighted by Gasteiger charge is -2.08. The second-order valence-electron chi connectivity index (χ2n) is 5.44. The smallest absolute Gasteiger partial charge is 0.0923 e. The van der Waals surface area contributed by atoms with Gasteiger partial charge in [0.1, 0.15) is 0 Å². The van der Waals surface area contributed by atoms with Crippen LogP contribution in [0.3, 0.4) is 0 Å². The summed E-state index contributed by atoms with van der Waals surface area (Å²) in [5.74, 6) is 0. The first-order valence-electron chi connectivity index (χ1n) is 7.27. The van der Waals surface area contributed by atoms with E-state index in [1.165, 1.54) is 0 Å². The number of aromatic nitrogens is 4. The van der Waals surface area contributed by atoms with E-state index in [0.717, 1.165) is 35.6 Å². The van der Waals surface area contributed by atoms with Gasteiger partial charge in [0.2, 0.25) is 0 Å². The molecular formula is C17H19N5. The van der Waals surface area contributed by atoms with Crippen molar-refractivity contribution in [2.75, 3.05) is 20.6 Å². The van der Waals surface area contributed by atoms with E-state index in [-0.39, 0.29) is 0 Å². The van der Waals surface area contributed by atoms with Crippen LogP contribution in [0.4, 0.5) is 0 Å². The summed E-state index contributed by atoms with van der Waals surface area (Å²) in [6.45, 7) is 1.86. The second kappa shape index (κ2) is 6.49. The predicted molar refractivity (Wildman–Crippen MR) is 87.2 cm³/mol. The molecule has 5 nitrogen and oxygen atoms in total. The van der Waals surface area contributed by atoms with Gasteiger partial charge in [0.25, 0.3) is 0 Å². The maximum Gasteiger partial charge on any atom is 0.0923 e. The quantitative estimate of drug-likeness (QED) is 0.725. The molecule has 1 aromatic carbocycles. The minimum Gasteiger partial charge on any atom is -0.308 e. The Morgan fingerprint density at radius 1 is 1.05 bits per heavy atom. The van der Waals surface area contributed by atoms with Crippen molar-refractivity contribution in [3.8, 4) is 22.5 Å². The van der Waals surface area contributed by atoms with Crippen molar-refractivity contribution in [2.24, 2.45) is 0 Å². The Balaban J connectivity index is 1.83. The summed E-state index contributed by atoms with van der Waals surface area (Å²) in [7, 11) is 4.13. The minimum atomic E-state index is 0.872. The zero-order chi connectivity index (χ0) is 15.4. The fourth-order valence-electron chi connectivity index (χ4n) is 2.23. The van der Waals surface area contributed by atoms with Crippen molar-refractivity contribution < 1.29 is 0 Å². The van der Waals surface area contributed by atoms with Crippen LogP contribution in [0.2, 0.25) is 0 Å². The van der Waals surface area contributed by atoms with Gasteiger partial charge in [-0.1, -0.05) is 18.2 Å². The predicted octanol–water partition coefficient (Wildman–Crippen LogP) is 2.57. The Labute approximate surface area is 130 Å². The molecule has 112 valence electrons. The molecule has 0 spiro atoms. The van der Waals surface area contributed by atoms with Crippen LogP contribution in [0.15, 0.2) is 55.1 Å². The average Bonchev–Trinajstić information content (AvgIpc) is 3.03. The van der Waals surface area contributed by atoms with Crippen molar-refractivity contribution in [1.29, 1.82) is 0 Å². The summed E-state index contributed by atoms with van der Waals surface area (Å²) in [5.41, 5.74) is 3.99. The molecule has 3 rings (SSSR count). The van der Waals surface area contributed by atoms with Crippen LogP contribution in [0.1, 0.15) is 0 Å². The number of nitrogens with zero attached hydrogens (tertiary/aromatic N) is 5. The Morgan fingerprint density at radius 3 is 2.59 bits per heavy atom. The number of hydrogen-bond acceptors (Lipinski definition) is 4. The summed E-state index contributed by atoms with van der Waals surface area (Å²) in [4.78, 5) is 10.6. The first-order chi connectivity index (χ1) is 10.7. The Hall–Kier alpha value is -2.53. The maximum atomic E-state index is 4.64. The highest BCUT2D eigenvalue weighted by atomic mass is 15.3. The normalized spacial score (nSPS) is 11.0. The highest BCUT2D eigenvalue weighted by Crippen LogP contribution is 2.23. The molecular weight excluding hydrogens is 274 g/mol. The number of rotatable bonds is 5. The van der Waals surface area contributed by atoms with Crippen molar-refractivity contribution in [3.63, 3.8) is 0 Å². The van der Waals surface area contributed by atoms with Crippen LogP contribution < -0.4 is 0 Å². The fourth-order valence-corrected chi connectivity index (χ4v) is 2.23. The van der Waals surface area contributed by atoms with E-state index in [0.29, 0.717) is 0 Å². The van der Waals surface area contributed by atoms with E-state index < -0.39 is 0 Å². The van der Waals surface area contributed by atoms with E-state index in [1.54, 1.807) is 18.6 Å². The summed E-state index contributed by atoms with van der Waals surface area (Å²) in [6, 6.07) is 10.3. The van der Waals surface area contributed by atoms with Crippen LogP contribution in [-0.4, -0.2) is 45.3 Å². The van der Waals surface area contributed by atoms with Gasteiger partial charge in [0.15, 0.2) is 0 Å². The van der Waals surface area contributed by atoms with E-state index in [1.807, 2.05) is 29.1 Å². The molecule has 0 saturated heterocycles. The van der Waals surface area contributed by atoms with Crippen molar-refractivity contribution in [3.05, 3.63) is 55.1 Å². The molecule has 22 heavy (non-hydrogen) atoms. The van der Waals surface area contributed by atoms with Crippen LogP contribution in [0.25, 0.3) is 22.5 Å². The summed E-state index contributed by atoms with van der Waals surface area (Å²) >= 11 is 0. The molecule has 0 N–H and O–H groups in total. The van der Waals surface area contributed by atoms with Crippen LogP contribution in [0, 0.1) is 0 Å². The highest BCUT2D eigenvalue weighted by Gasteiger charge is 2.05. The molecule has 0 aliphatic rings. The molecule has 2 heterocycles. The molecule has 0 amide bonds. The monoisotopic (exact) mass is 293 g/mol. The summed E-state index contributed by atoms with van der Waals surface area (Å²) < 4.78 is 1.98. The van der Waals surface area contributed by atoms with E-state index in [4.69, 9.17) is 0 Å². The lowest BCUT2D eigenvalue weighted by atomic mass is 10.1. The molecule has 2 aromatic heterocycles. The van der Waals surface area contributed by atoms with Gasteiger partial charge in [-0.3, -0.25) is 14.6 Å². The van der Waals surface area contributed by atoms with Crippen molar-refractivity contribution >= 4 is 0 Å². The van der Waals surface area contributed by atoms with E-state index in [2.05, 4.69) is 46.2 Å². The van der Waals surface area contributed by atoms with Crippen molar-refractivity contribution in [1.82, 2.24) is 24.6 Å². The van der Waals surface area contributed by atoms with Gasteiger partial charge >= 0.3 is 0 Å². The Bertz CT molecular complexity index is 734. The standard InChI is InChI=1S/C17H19N5/c1-21(2)10-11-22-9-6-16(20-22)14-4-3-5-15(12-14)17-13-18-7-8-19-17/h3-9,12-13H,10-11H2,1-2H3. The second-order valence-corrected chi connectivity index (χ2v) is 5.44. The Kier molecular flexibility index (Phi) is 4.25. The van der Waals surface area contributed by atoms with Crippen LogP contribution >= 0.6 is 0 Å². The molecule has 0 bridgehead atoms. The molecule has 0 unspecified atom stereocenters. The van der Waals surface area contributed by atoms with Gasteiger partial charge in [-0.25, -0.2) is 0 Å². The van der Waals surface area contributed by atoms with Gasteiger partial charge in [-0.05, 0) is 26.2 Å². The summed E-state index contributed by atoms with van der Waals surface area (Å²) in [5, 5.41) is 4.64. The number of benzene rings is 1. The lowest BCUT2D eigenvalue weighted by molar-refractivity contribution is 0.373. The van der Waals surface area contributed by atoms with Crippen LogP contribution in [0.5, 0.6) is 0 Å². The molecule has 5 heteroatoms. The van der Waals surface area contributed by atoms with E-state index >= 15 is 0 Å². The van der Waals surface area contributed by atoms with Gasteiger partial charge in [0.05, 0.1) is 24.1 Å². The molecule has 0 aliphatic carbocycles. The van der Waals surface area contributed by atoms with Crippen LogP contribution in [-0.2, 0) is 6.54 Å². The zero-order valence-electron chi connectivity index (χ0n) is 12.8. The number of likely N-dealkylation sites (N-methyl/N-ethyl adjacent to an activating group) is 1. The third-order valence-corrected chi connectivity index (χ3v) is 3.43. The first-order valence-corrected chi connectivity index (χ1v) is 7.27. The SMILES string of the molecule is CN(C)CCn1ccc(-c2cccc(-c3cnccn3)c2)n1. The van der Waals surface area contributed by atoms with Gasteiger partial charge in [-0.2, -0.15) is 5.10 Å². The molecule has 0 aliphatic heterocycles. The van der Waals surface area contributed by atoms with Gasteiger partial charge in [-0.15, -0.1) is 0 Å². The third-order valence-electron chi connectivity index (χ3n) is 3.43. The molecule has 0 radical (unpaired) electrons. The van der Waals surface area contributed by atoms with E-state index in [9.17, 15) is 0 Å². The summed E-state index contributed by atoms with van der Waals surface area (Å²) in [6.07, 6.45) is 7.18. The first kappa shape index (κ1) is 14.4. The Morgan fingerprint density at radius 2 is 1.86 bits per heavy atom. The highest BCUT2D eigenvalue weighted by molar-refractivity contribution is 5.68. The zero-order valence-corrected chi connectivity index (χ0v) is 12.8. The maximum absolute atomic E-state index is 4.64. The molecule has 0 atom stereocenters. The third kappa shape index (κ3) is 3.38. The lowest BCUT2D eigenvalue weighted by Crippen LogP contribution is -2.18. The fraction of sp³-hybridized carbons (Fsp3) is 0.235.